The molecule has 13 nitrogen and oxygen atoms in total. The van der Waals surface area contributed by atoms with E-state index in [1.807, 2.05) is 0 Å². The lowest BCUT2D eigenvalue weighted by molar-refractivity contribution is -0.422. The summed E-state index contributed by atoms with van der Waals surface area (Å²) in [6, 6.07) is 6.77. The number of nitrogens with zero attached hydrogens (tertiary/aromatic N) is 5. The van der Waals surface area contributed by atoms with E-state index in [-0.39, 0.29) is 40.3 Å². The van der Waals surface area contributed by atoms with E-state index < -0.39 is 32.1 Å². The third-order valence-electron chi connectivity index (χ3n) is 3.97. The first-order chi connectivity index (χ1) is 14.2. The molecule has 0 unspecified atom stereocenters. The van der Waals surface area contributed by atoms with Gasteiger partial charge in [0.15, 0.2) is 5.69 Å². The van der Waals surface area contributed by atoms with Crippen molar-refractivity contribution in [2.75, 3.05) is 6.61 Å². The van der Waals surface area contributed by atoms with Crippen LogP contribution in [0.5, 0.6) is 0 Å². The second-order valence-corrected chi connectivity index (χ2v) is 5.79. The molecule has 0 spiro atoms. The Morgan fingerprint density at radius 1 is 0.900 bits per heavy atom. The molecule has 13 heteroatoms. The third kappa shape index (κ3) is 3.71. The van der Waals surface area contributed by atoms with E-state index in [1.54, 1.807) is 6.92 Å². The molecule has 0 amide bonds. The molecule has 0 aliphatic carbocycles. The van der Waals surface area contributed by atoms with Crippen LogP contribution in [0.3, 0.4) is 0 Å². The average molecular weight is 413 g/mol. The molecule has 0 bridgehead atoms. The van der Waals surface area contributed by atoms with E-state index in [9.17, 15) is 35.1 Å². The summed E-state index contributed by atoms with van der Waals surface area (Å²) in [7, 11) is 0. The number of aromatic nitrogens is 2. The van der Waals surface area contributed by atoms with Crippen LogP contribution < -0.4 is 0 Å². The number of nitro benzene ring substituents is 3. The minimum Gasteiger partial charge on any atom is -0.461 e. The van der Waals surface area contributed by atoms with Gasteiger partial charge >= 0.3 is 17.3 Å². The van der Waals surface area contributed by atoms with Crippen molar-refractivity contribution in [3.63, 3.8) is 0 Å². The molecule has 2 aromatic carbocycles. The van der Waals surface area contributed by atoms with Crippen LogP contribution in [0.4, 0.5) is 17.1 Å². The standard InChI is InChI=1S/C17H11N5O8/c1-2-30-17(23)16-15(9-3-5-10(6-4-9)20(24)25)18-11-7-13(21(26)27)14(22(28)29)8-12(11)19-16/h3-8H,2H2,1H3. The van der Waals surface area contributed by atoms with Gasteiger partial charge in [-0.25, -0.2) is 14.8 Å². The number of rotatable bonds is 6. The highest BCUT2D eigenvalue weighted by molar-refractivity contribution is 5.97. The Kier molecular flexibility index (Phi) is 5.27. The Hall–Kier alpha value is -4.55. The number of carbonyl (C=O) groups is 1. The lowest BCUT2D eigenvalue weighted by Gasteiger charge is -2.09. The largest absolute Gasteiger partial charge is 0.461 e. The number of esters is 1. The zero-order valence-electron chi connectivity index (χ0n) is 15.2. The molecule has 0 saturated carbocycles. The molecule has 0 aliphatic rings. The summed E-state index contributed by atoms with van der Waals surface area (Å²) in [4.78, 5) is 51.4. The van der Waals surface area contributed by atoms with Gasteiger partial charge in [-0.15, -0.1) is 0 Å². The highest BCUT2D eigenvalue weighted by Crippen LogP contribution is 2.33. The third-order valence-corrected chi connectivity index (χ3v) is 3.97. The number of hydrogen-bond acceptors (Lipinski definition) is 10. The first kappa shape index (κ1) is 20.2. The van der Waals surface area contributed by atoms with Crippen molar-refractivity contribution in [1.29, 1.82) is 0 Å². The summed E-state index contributed by atoms with van der Waals surface area (Å²) in [5.74, 6) is -0.874. The van der Waals surface area contributed by atoms with Crippen LogP contribution in [0.1, 0.15) is 17.4 Å². The van der Waals surface area contributed by atoms with Gasteiger partial charge in [0.25, 0.3) is 5.69 Å². The number of ether oxygens (including phenoxy) is 1. The summed E-state index contributed by atoms with van der Waals surface area (Å²) in [6.45, 7) is 1.57. The van der Waals surface area contributed by atoms with Crippen LogP contribution in [0.15, 0.2) is 36.4 Å². The molecule has 0 N–H and O–H groups in total. The molecule has 0 aliphatic heterocycles. The number of carbonyl (C=O) groups excluding carboxylic acids is 1. The van der Waals surface area contributed by atoms with Crippen molar-refractivity contribution >= 4 is 34.1 Å². The summed E-state index contributed by atoms with van der Waals surface area (Å²) in [6.07, 6.45) is 0. The predicted octanol–water partition coefficient (Wildman–Crippen LogP) is 3.20. The number of fused-ring (bicyclic) bond motifs is 1. The average Bonchev–Trinajstić information content (AvgIpc) is 2.71. The van der Waals surface area contributed by atoms with Crippen molar-refractivity contribution < 1.29 is 24.3 Å². The maximum atomic E-state index is 12.4. The van der Waals surface area contributed by atoms with E-state index in [4.69, 9.17) is 4.74 Å². The molecular formula is C17H11N5O8. The van der Waals surface area contributed by atoms with Crippen LogP contribution in [0.2, 0.25) is 0 Å². The van der Waals surface area contributed by atoms with Crippen LogP contribution >= 0.6 is 0 Å². The molecular weight excluding hydrogens is 402 g/mol. The Morgan fingerprint density at radius 2 is 1.43 bits per heavy atom. The minimum atomic E-state index is -0.937. The van der Waals surface area contributed by atoms with E-state index in [2.05, 4.69) is 9.97 Å². The summed E-state index contributed by atoms with van der Waals surface area (Å²) in [5, 5.41) is 33.2. The van der Waals surface area contributed by atoms with Crippen molar-refractivity contribution in [2.45, 2.75) is 6.92 Å². The normalized spacial score (nSPS) is 10.6. The van der Waals surface area contributed by atoms with Gasteiger partial charge in [0.05, 0.1) is 44.5 Å². The van der Waals surface area contributed by atoms with Crippen LogP contribution in [0, 0.1) is 30.3 Å². The fraction of sp³-hybridized carbons (Fsp3) is 0.118. The second-order valence-electron chi connectivity index (χ2n) is 5.79. The van der Waals surface area contributed by atoms with Crippen molar-refractivity contribution in [2.24, 2.45) is 0 Å². The fourth-order valence-corrected chi connectivity index (χ4v) is 2.66. The molecule has 3 rings (SSSR count). The van der Waals surface area contributed by atoms with Gasteiger partial charge in [-0.1, -0.05) is 0 Å². The first-order valence-corrected chi connectivity index (χ1v) is 8.29. The van der Waals surface area contributed by atoms with Crippen LogP contribution in [-0.4, -0.2) is 37.3 Å². The van der Waals surface area contributed by atoms with Gasteiger partial charge < -0.3 is 4.74 Å². The molecule has 1 heterocycles. The SMILES string of the molecule is CCOC(=O)c1nc2cc([N+](=O)[O-])c([N+](=O)[O-])cc2nc1-c1ccc([N+](=O)[O-])cc1. The maximum Gasteiger partial charge on any atom is 0.359 e. The highest BCUT2D eigenvalue weighted by atomic mass is 16.6. The number of nitro groups is 3. The zero-order chi connectivity index (χ0) is 22.0. The van der Waals surface area contributed by atoms with Gasteiger partial charge in [-0.05, 0) is 19.1 Å². The lowest BCUT2D eigenvalue weighted by atomic mass is 10.1. The van der Waals surface area contributed by atoms with Gasteiger partial charge in [-0.3, -0.25) is 30.3 Å². The molecule has 30 heavy (non-hydrogen) atoms. The van der Waals surface area contributed by atoms with Crippen LogP contribution in [-0.2, 0) is 4.74 Å². The Bertz CT molecular complexity index is 1210. The number of benzene rings is 2. The predicted molar refractivity (Wildman–Crippen MR) is 101 cm³/mol. The molecule has 3 aromatic rings. The van der Waals surface area contributed by atoms with Crippen LogP contribution in [0.25, 0.3) is 22.3 Å². The minimum absolute atomic E-state index is 0.0126. The van der Waals surface area contributed by atoms with Crippen molar-refractivity contribution in [3.05, 3.63) is 72.4 Å². The molecule has 0 atom stereocenters. The molecule has 0 radical (unpaired) electrons. The topological polar surface area (TPSA) is 182 Å². The zero-order valence-corrected chi connectivity index (χ0v) is 15.2. The van der Waals surface area contributed by atoms with Gasteiger partial charge in [0.2, 0.25) is 0 Å². The molecule has 0 saturated heterocycles. The Morgan fingerprint density at radius 3 is 1.90 bits per heavy atom. The Labute approximate surface area is 166 Å². The molecule has 1 aromatic heterocycles. The quantitative estimate of drug-likeness (QED) is 0.330. The van der Waals surface area contributed by atoms with Gasteiger partial charge in [0.1, 0.15) is 5.69 Å². The number of non-ortho nitro benzene ring substituents is 1. The fourth-order valence-electron chi connectivity index (χ4n) is 2.66. The second kappa shape index (κ2) is 7.83. The highest BCUT2D eigenvalue weighted by Gasteiger charge is 2.28. The summed E-state index contributed by atoms with van der Waals surface area (Å²) < 4.78 is 4.95. The van der Waals surface area contributed by atoms with E-state index >= 15 is 0 Å². The number of hydrogen-bond donors (Lipinski definition) is 0. The molecule has 0 fully saturated rings. The van der Waals surface area contributed by atoms with Gasteiger partial charge in [0, 0.05) is 17.7 Å². The monoisotopic (exact) mass is 413 g/mol. The van der Waals surface area contributed by atoms with E-state index in [0.29, 0.717) is 0 Å². The van der Waals surface area contributed by atoms with E-state index in [1.165, 1.54) is 24.3 Å². The first-order valence-electron chi connectivity index (χ1n) is 8.29. The maximum absolute atomic E-state index is 12.4. The van der Waals surface area contributed by atoms with Gasteiger partial charge in [-0.2, -0.15) is 0 Å². The summed E-state index contributed by atoms with van der Waals surface area (Å²) >= 11 is 0. The van der Waals surface area contributed by atoms with Crippen molar-refractivity contribution in [3.8, 4) is 11.3 Å². The van der Waals surface area contributed by atoms with E-state index in [0.717, 1.165) is 12.1 Å². The molecule has 152 valence electrons. The summed E-state index contributed by atoms with van der Waals surface area (Å²) in [5.41, 5.74) is -2.06. The lowest BCUT2D eigenvalue weighted by Crippen LogP contribution is -2.11. The Balaban J connectivity index is 2.30. The smallest absolute Gasteiger partial charge is 0.359 e. The van der Waals surface area contributed by atoms with Crippen molar-refractivity contribution in [1.82, 2.24) is 9.97 Å².